The number of benzene rings is 1. The van der Waals surface area contributed by atoms with Crippen molar-refractivity contribution in [3.8, 4) is 11.5 Å². The van der Waals surface area contributed by atoms with Gasteiger partial charge in [0.1, 0.15) is 6.61 Å². The zero-order valence-corrected chi connectivity index (χ0v) is 13.4. The van der Waals surface area contributed by atoms with Crippen LogP contribution in [0.5, 0.6) is 11.5 Å². The number of aliphatic hydroxyl groups excluding tert-OH is 1. The molecule has 3 N–H and O–H groups in total. The summed E-state index contributed by atoms with van der Waals surface area (Å²) < 4.78 is 10.8. The van der Waals surface area contributed by atoms with Crippen LogP contribution in [0.2, 0.25) is 0 Å². The third-order valence-electron chi connectivity index (χ3n) is 4.86. The molecule has 2 fully saturated rings. The number of hydrogen-bond acceptors (Lipinski definition) is 5. The molecule has 1 aromatic carbocycles. The average molecular weight is 320 g/mol. The Kier molecular flexibility index (Phi) is 4.73. The van der Waals surface area contributed by atoms with Crippen molar-refractivity contribution in [2.24, 2.45) is 17.6 Å². The molecule has 126 valence electrons. The number of likely N-dealkylation sites (tertiary alicyclic amines) is 1. The molecule has 1 amide bonds. The fourth-order valence-corrected chi connectivity index (χ4v) is 3.63. The van der Waals surface area contributed by atoms with Crippen LogP contribution in [0.4, 0.5) is 0 Å². The molecule has 1 heterocycles. The molecule has 6 nitrogen and oxygen atoms in total. The van der Waals surface area contributed by atoms with Crippen molar-refractivity contribution < 1.29 is 19.4 Å². The molecule has 6 heteroatoms. The smallest absolute Gasteiger partial charge is 0.254 e. The second-order valence-corrected chi connectivity index (χ2v) is 6.30. The lowest BCUT2D eigenvalue weighted by molar-refractivity contribution is 0.0166. The maximum absolute atomic E-state index is 12.8. The van der Waals surface area contributed by atoms with Gasteiger partial charge in [0, 0.05) is 37.0 Å². The van der Waals surface area contributed by atoms with Crippen molar-refractivity contribution >= 4 is 5.91 Å². The van der Waals surface area contributed by atoms with E-state index in [2.05, 4.69) is 0 Å². The number of methoxy groups -OCH3 is 1. The van der Waals surface area contributed by atoms with E-state index in [1.54, 1.807) is 25.3 Å². The van der Waals surface area contributed by atoms with Crippen molar-refractivity contribution in [1.29, 1.82) is 0 Å². The van der Waals surface area contributed by atoms with Gasteiger partial charge in [0.2, 0.25) is 0 Å². The number of ether oxygens (including phenoxy) is 2. The Labute approximate surface area is 136 Å². The average Bonchev–Trinajstić information content (AvgIpc) is 2.79. The van der Waals surface area contributed by atoms with Crippen LogP contribution in [0.25, 0.3) is 0 Å². The number of amides is 1. The summed E-state index contributed by atoms with van der Waals surface area (Å²) in [5.41, 5.74) is 6.05. The van der Waals surface area contributed by atoms with Gasteiger partial charge in [0.05, 0.1) is 13.2 Å². The first-order chi connectivity index (χ1) is 11.1. The lowest BCUT2D eigenvalue weighted by atomic mass is 9.94. The molecule has 3 atom stereocenters. The minimum Gasteiger partial charge on any atom is -0.493 e. The Balaban J connectivity index is 1.77. The number of piperidine rings is 1. The number of aliphatic hydroxyl groups is 1. The first kappa shape index (κ1) is 16.1. The summed E-state index contributed by atoms with van der Waals surface area (Å²) in [6, 6.07) is 5.21. The van der Waals surface area contributed by atoms with Crippen LogP contribution < -0.4 is 15.2 Å². The van der Waals surface area contributed by atoms with Gasteiger partial charge in [-0.05, 0) is 31.0 Å². The fourth-order valence-electron chi connectivity index (χ4n) is 3.63. The molecule has 1 aliphatic carbocycles. The topological polar surface area (TPSA) is 85.0 Å². The normalized spacial score (nSPS) is 26.2. The van der Waals surface area contributed by atoms with Crippen molar-refractivity contribution in [2.75, 3.05) is 33.4 Å². The monoisotopic (exact) mass is 320 g/mol. The molecule has 0 radical (unpaired) electrons. The molecule has 3 rings (SSSR count). The Hall–Kier alpha value is -1.79. The Morgan fingerprint density at radius 2 is 2.00 bits per heavy atom. The van der Waals surface area contributed by atoms with E-state index in [1.165, 1.54) is 0 Å². The summed E-state index contributed by atoms with van der Waals surface area (Å²) >= 11 is 0. The molecular formula is C17H24N2O4. The highest BCUT2D eigenvalue weighted by Crippen LogP contribution is 2.37. The molecule has 0 aromatic heterocycles. The van der Waals surface area contributed by atoms with Gasteiger partial charge in [-0.25, -0.2) is 0 Å². The van der Waals surface area contributed by atoms with Crippen LogP contribution in [0, 0.1) is 11.8 Å². The quantitative estimate of drug-likeness (QED) is 0.841. The van der Waals surface area contributed by atoms with Crippen molar-refractivity contribution in [3.63, 3.8) is 0 Å². The molecular weight excluding hydrogens is 296 g/mol. The van der Waals surface area contributed by atoms with E-state index in [9.17, 15) is 9.90 Å². The highest BCUT2D eigenvalue weighted by atomic mass is 16.5. The molecule has 1 aromatic rings. The second-order valence-electron chi connectivity index (χ2n) is 6.30. The van der Waals surface area contributed by atoms with E-state index in [0.717, 1.165) is 12.8 Å². The van der Waals surface area contributed by atoms with E-state index in [0.29, 0.717) is 43.3 Å². The van der Waals surface area contributed by atoms with Gasteiger partial charge >= 0.3 is 0 Å². The van der Waals surface area contributed by atoms with Crippen LogP contribution in [0.1, 0.15) is 23.2 Å². The molecule has 0 spiro atoms. The Bertz CT molecular complexity index is 564. The van der Waals surface area contributed by atoms with Gasteiger partial charge in [-0.2, -0.15) is 0 Å². The minimum atomic E-state index is -0.252. The number of rotatable bonds is 5. The molecule has 23 heavy (non-hydrogen) atoms. The van der Waals surface area contributed by atoms with Gasteiger partial charge in [-0.3, -0.25) is 4.79 Å². The van der Waals surface area contributed by atoms with E-state index >= 15 is 0 Å². The summed E-state index contributed by atoms with van der Waals surface area (Å²) in [6.07, 6.45) is 1.75. The predicted molar refractivity (Wildman–Crippen MR) is 85.7 cm³/mol. The van der Waals surface area contributed by atoms with E-state index in [4.69, 9.17) is 15.2 Å². The molecule has 1 unspecified atom stereocenters. The highest BCUT2D eigenvalue weighted by molar-refractivity contribution is 5.95. The largest absolute Gasteiger partial charge is 0.493 e. The first-order valence-corrected chi connectivity index (χ1v) is 8.12. The van der Waals surface area contributed by atoms with Gasteiger partial charge in [-0.15, -0.1) is 0 Å². The summed E-state index contributed by atoms with van der Waals surface area (Å²) in [4.78, 5) is 14.6. The molecule has 2 bridgehead atoms. The second kappa shape index (κ2) is 6.76. The van der Waals surface area contributed by atoms with Gasteiger partial charge < -0.3 is 25.2 Å². The van der Waals surface area contributed by atoms with Crippen LogP contribution >= 0.6 is 0 Å². The van der Waals surface area contributed by atoms with Gasteiger partial charge in [0.25, 0.3) is 5.91 Å². The number of fused-ring (bicyclic) bond motifs is 2. The standard InChI is InChI=1S/C17H24N2O4/c1-22-14-5-4-11(8-15(14)23-7-6-18)17(21)19-9-12-2-3-13(10-19)16(12)20/h4-5,8,12-13,16,20H,2-3,6-7,9-10,18H2,1H3/t12-,13+,16?. The van der Waals surface area contributed by atoms with Crippen LogP contribution in [-0.2, 0) is 0 Å². The number of nitrogens with zero attached hydrogens (tertiary/aromatic N) is 1. The molecule has 1 aliphatic heterocycles. The minimum absolute atomic E-state index is 0.0194. The van der Waals surface area contributed by atoms with Crippen LogP contribution in [0.15, 0.2) is 18.2 Å². The zero-order valence-electron chi connectivity index (χ0n) is 13.4. The summed E-state index contributed by atoms with van der Waals surface area (Å²) in [6.45, 7) is 2.02. The lowest BCUT2D eigenvalue weighted by Gasteiger charge is -2.35. The SMILES string of the molecule is COc1ccc(C(=O)N2C[C@H]3CC[C@@H](C2)C3O)cc1OCCN. The number of carbonyl (C=O) groups excluding carboxylic acids is 1. The number of hydrogen-bond donors (Lipinski definition) is 2. The Morgan fingerprint density at radius 3 is 2.61 bits per heavy atom. The van der Waals surface area contributed by atoms with E-state index in [1.807, 2.05) is 4.90 Å². The van der Waals surface area contributed by atoms with Crippen LogP contribution in [-0.4, -0.2) is 55.4 Å². The van der Waals surface area contributed by atoms with Gasteiger partial charge in [0.15, 0.2) is 11.5 Å². The highest BCUT2D eigenvalue weighted by Gasteiger charge is 2.42. The Morgan fingerprint density at radius 1 is 1.30 bits per heavy atom. The van der Waals surface area contributed by atoms with Crippen molar-refractivity contribution in [2.45, 2.75) is 18.9 Å². The summed E-state index contributed by atoms with van der Waals surface area (Å²) in [7, 11) is 1.57. The maximum Gasteiger partial charge on any atom is 0.254 e. The summed E-state index contributed by atoms with van der Waals surface area (Å²) in [5, 5.41) is 10.1. The van der Waals surface area contributed by atoms with Gasteiger partial charge in [-0.1, -0.05) is 0 Å². The van der Waals surface area contributed by atoms with Crippen molar-refractivity contribution in [1.82, 2.24) is 4.90 Å². The van der Waals surface area contributed by atoms with E-state index < -0.39 is 0 Å². The molecule has 2 aliphatic rings. The first-order valence-electron chi connectivity index (χ1n) is 8.12. The molecule has 1 saturated carbocycles. The third-order valence-corrected chi connectivity index (χ3v) is 4.86. The maximum atomic E-state index is 12.8. The number of nitrogens with two attached hydrogens (primary N) is 1. The van der Waals surface area contributed by atoms with Crippen LogP contribution in [0.3, 0.4) is 0 Å². The zero-order chi connectivity index (χ0) is 16.4. The van der Waals surface area contributed by atoms with Crippen molar-refractivity contribution in [3.05, 3.63) is 23.8 Å². The number of carbonyl (C=O) groups is 1. The summed E-state index contributed by atoms with van der Waals surface area (Å²) in [5.74, 6) is 1.52. The fraction of sp³-hybridized carbons (Fsp3) is 0.588. The van der Waals surface area contributed by atoms with E-state index in [-0.39, 0.29) is 23.8 Å². The molecule has 1 saturated heterocycles. The lowest BCUT2D eigenvalue weighted by Crippen LogP contribution is -2.47. The third kappa shape index (κ3) is 3.14. The predicted octanol–water partition coefficient (Wildman–Crippen LogP) is 0.876.